The van der Waals surface area contributed by atoms with Crippen LogP contribution in [0.25, 0.3) is 22.0 Å². The van der Waals surface area contributed by atoms with Crippen LogP contribution in [0.2, 0.25) is 0 Å². The van der Waals surface area contributed by atoms with Gasteiger partial charge in [0.15, 0.2) is 0 Å². The van der Waals surface area contributed by atoms with Gasteiger partial charge in [0.1, 0.15) is 0 Å². The SMILES string of the molecule is Nc1ccc(-c2ccoc2)cc1NC(=O)c1cnc2cc(N3CCNCC3)ccc2c1. The average molecular weight is 413 g/mol. The highest BCUT2D eigenvalue weighted by atomic mass is 16.3. The molecule has 5 rings (SSSR count). The molecule has 0 bridgehead atoms. The summed E-state index contributed by atoms with van der Waals surface area (Å²) >= 11 is 0. The maximum absolute atomic E-state index is 12.9. The number of hydrogen-bond donors (Lipinski definition) is 3. The third kappa shape index (κ3) is 3.95. The molecule has 31 heavy (non-hydrogen) atoms. The summed E-state index contributed by atoms with van der Waals surface area (Å²) in [5, 5.41) is 7.19. The van der Waals surface area contributed by atoms with Crippen molar-refractivity contribution in [1.29, 1.82) is 0 Å². The third-order valence-corrected chi connectivity index (χ3v) is 5.57. The number of benzene rings is 2. The molecule has 0 unspecified atom stereocenters. The van der Waals surface area contributed by atoms with Crippen molar-refractivity contribution in [2.75, 3.05) is 42.1 Å². The lowest BCUT2D eigenvalue weighted by atomic mass is 10.1. The number of nitrogen functional groups attached to an aromatic ring is 1. The van der Waals surface area contributed by atoms with E-state index in [-0.39, 0.29) is 5.91 Å². The molecular formula is C24H23N5O2. The quantitative estimate of drug-likeness (QED) is 0.441. The predicted octanol–water partition coefficient (Wildman–Crippen LogP) is 3.74. The van der Waals surface area contributed by atoms with Crippen LogP contribution in [0.4, 0.5) is 17.1 Å². The van der Waals surface area contributed by atoms with E-state index < -0.39 is 0 Å². The van der Waals surface area contributed by atoms with Crippen LogP contribution in [0, 0.1) is 0 Å². The summed E-state index contributed by atoms with van der Waals surface area (Å²) in [5.74, 6) is -0.253. The van der Waals surface area contributed by atoms with Crippen LogP contribution in [-0.2, 0) is 0 Å². The van der Waals surface area contributed by atoms with Gasteiger partial charge in [-0.15, -0.1) is 0 Å². The Balaban J connectivity index is 1.38. The van der Waals surface area contributed by atoms with E-state index in [0.29, 0.717) is 16.9 Å². The number of hydrogen-bond acceptors (Lipinski definition) is 6. The van der Waals surface area contributed by atoms with Crippen LogP contribution in [0.15, 0.2) is 71.7 Å². The van der Waals surface area contributed by atoms with E-state index in [9.17, 15) is 4.79 Å². The first-order valence-corrected chi connectivity index (χ1v) is 10.3. The van der Waals surface area contributed by atoms with Crippen LogP contribution in [0.3, 0.4) is 0 Å². The largest absolute Gasteiger partial charge is 0.472 e. The lowest BCUT2D eigenvalue weighted by Gasteiger charge is -2.29. The van der Waals surface area contributed by atoms with Crippen molar-refractivity contribution in [3.05, 3.63) is 72.8 Å². The fourth-order valence-electron chi connectivity index (χ4n) is 3.82. The van der Waals surface area contributed by atoms with Crippen molar-refractivity contribution in [2.45, 2.75) is 0 Å². The topological polar surface area (TPSA) is 96.4 Å². The number of anilines is 3. The number of amides is 1. The van der Waals surface area contributed by atoms with Gasteiger partial charge in [-0.05, 0) is 42.0 Å². The molecule has 0 saturated carbocycles. The molecule has 1 amide bonds. The highest BCUT2D eigenvalue weighted by molar-refractivity contribution is 6.07. The van der Waals surface area contributed by atoms with E-state index in [1.54, 1.807) is 24.8 Å². The molecule has 1 saturated heterocycles. The van der Waals surface area contributed by atoms with Crippen molar-refractivity contribution in [3.8, 4) is 11.1 Å². The zero-order chi connectivity index (χ0) is 21.2. The van der Waals surface area contributed by atoms with E-state index in [0.717, 1.165) is 53.9 Å². The number of nitrogens with one attached hydrogen (secondary N) is 2. The molecule has 2 aromatic carbocycles. The van der Waals surface area contributed by atoms with Crippen molar-refractivity contribution < 1.29 is 9.21 Å². The summed E-state index contributed by atoms with van der Waals surface area (Å²) in [6.45, 7) is 3.92. The van der Waals surface area contributed by atoms with Crippen molar-refractivity contribution in [1.82, 2.24) is 10.3 Å². The predicted molar refractivity (Wildman–Crippen MR) is 123 cm³/mol. The van der Waals surface area contributed by atoms with Crippen LogP contribution >= 0.6 is 0 Å². The number of carbonyl (C=O) groups is 1. The summed E-state index contributed by atoms with van der Waals surface area (Å²) in [7, 11) is 0. The Hall–Kier alpha value is -3.84. The number of rotatable bonds is 4. The van der Waals surface area contributed by atoms with E-state index in [1.807, 2.05) is 30.3 Å². The molecule has 7 nitrogen and oxygen atoms in total. The second kappa shape index (κ2) is 8.12. The lowest BCUT2D eigenvalue weighted by molar-refractivity contribution is 0.102. The normalized spacial score (nSPS) is 14.0. The minimum atomic E-state index is -0.253. The summed E-state index contributed by atoms with van der Waals surface area (Å²) in [5.41, 5.74) is 11.5. The van der Waals surface area contributed by atoms with Gasteiger partial charge in [0, 0.05) is 49.0 Å². The lowest BCUT2D eigenvalue weighted by Crippen LogP contribution is -2.43. The van der Waals surface area contributed by atoms with Crippen LogP contribution in [0.1, 0.15) is 10.4 Å². The number of aromatic nitrogens is 1. The first-order chi connectivity index (χ1) is 15.2. The molecule has 4 aromatic rings. The Labute approximate surface area is 179 Å². The van der Waals surface area contributed by atoms with Crippen LogP contribution in [-0.4, -0.2) is 37.1 Å². The molecular weight excluding hydrogens is 390 g/mol. The van der Waals surface area contributed by atoms with E-state index in [1.165, 1.54) is 0 Å². The average Bonchev–Trinajstić information content (AvgIpc) is 3.35. The van der Waals surface area contributed by atoms with Crippen LogP contribution < -0.4 is 21.3 Å². The Morgan fingerprint density at radius 1 is 1.06 bits per heavy atom. The second-order valence-corrected chi connectivity index (χ2v) is 7.61. The maximum Gasteiger partial charge on any atom is 0.257 e. The Kier molecular flexibility index (Phi) is 5.01. The number of nitrogens with zero attached hydrogens (tertiary/aromatic N) is 2. The summed E-state index contributed by atoms with van der Waals surface area (Å²) in [4.78, 5) is 19.8. The van der Waals surface area contributed by atoms with E-state index in [2.05, 4.69) is 32.7 Å². The fraction of sp³-hybridized carbons (Fsp3) is 0.167. The molecule has 3 heterocycles. The number of nitrogens with two attached hydrogens (primary N) is 1. The molecule has 156 valence electrons. The first kappa shape index (κ1) is 19.1. The molecule has 0 spiro atoms. The number of piperazine rings is 1. The zero-order valence-corrected chi connectivity index (χ0v) is 17.0. The molecule has 1 aliphatic heterocycles. The standard InChI is InChI=1S/C24H23N5O2/c25-21-4-2-16(18-5-10-31-15-18)12-23(21)28-24(30)19-11-17-1-3-20(13-22(17)27-14-19)29-8-6-26-7-9-29/h1-5,10-15,26H,6-9,25H2,(H,28,30). The highest BCUT2D eigenvalue weighted by Gasteiger charge is 2.14. The zero-order valence-electron chi connectivity index (χ0n) is 17.0. The van der Waals surface area contributed by atoms with Gasteiger partial charge in [-0.25, -0.2) is 0 Å². The van der Waals surface area contributed by atoms with Gasteiger partial charge in [0.05, 0.1) is 35.0 Å². The molecule has 0 atom stereocenters. The molecule has 0 aliphatic carbocycles. The Bertz CT molecular complexity index is 1230. The minimum absolute atomic E-state index is 0.253. The van der Waals surface area contributed by atoms with Gasteiger partial charge in [-0.3, -0.25) is 9.78 Å². The van der Waals surface area contributed by atoms with Gasteiger partial charge in [-0.2, -0.15) is 0 Å². The number of fused-ring (bicyclic) bond motifs is 1. The monoisotopic (exact) mass is 413 g/mol. The Morgan fingerprint density at radius 2 is 1.94 bits per heavy atom. The van der Waals surface area contributed by atoms with Gasteiger partial charge in [-0.1, -0.05) is 12.1 Å². The third-order valence-electron chi connectivity index (χ3n) is 5.57. The maximum atomic E-state index is 12.9. The van der Waals surface area contributed by atoms with Crippen molar-refractivity contribution in [2.24, 2.45) is 0 Å². The molecule has 4 N–H and O–H groups in total. The highest BCUT2D eigenvalue weighted by Crippen LogP contribution is 2.28. The number of furan rings is 1. The van der Waals surface area contributed by atoms with Gasteiger partial charge in [0.2, 0.25) is 0 Å². The molecule has 1 aliphatic rings. The van der Waals surface area contributed by atoms with Gasteiger partial charge >= 0.3 is 0 Å². The number of carbonyl (C=O) groups excluding carboxylic acids is 1. The summed E-state index contributed by atoms with van der Waals surface area (Å²) < 4.78 is 5.14. The van der Waals surface area contributed by atoms with Crippen molar-refractivity contribution >= 4 is 33.9 Å². The van der Waals surface area contributed by atoms with E-state index in [4.69, 9.17) is 10.2 Å². The molecule has 2 aromatic heterocycles. The summed E-state index contributed by atoms with van der Waals surface area (Å²) in [6, 6.07) is 15.4. The Morgan fingerprint density at radius 3 is 2.74 bits per heavy atom. The fourth-order valence-corrected chi connectivity index (χ4v) is 3.82. The van der Waals surface area contributed by atoms with Gasteiger partial charge in [0.25, 0.3) is 5.91 Å². The number of pyridine rings is 1. The first-order valence-electron chi connectivity index (χ1n) is 10.3. The molecule has 0 radical (unpaired) electrons. The van der Waals surface area contributed by atoms with Crippen molar-refractivity contribution in [3.63, 3.8) is 0 Å². The smallest absolute Gasteiger partial charge is 0.257 e. The van der Waals surface area contributed by atoms with E-state index >= 15 is 0 Å². The molecule has 1 fully saturated rings. The second-order valence-electron chi connectivity index (χ2n) is 7.61. The van der Waals surface area contributed by atoms with Crippen LogP contribution in [0.5, 0.6) is 0 Å². The molecule has 7 heteroatoms. The van der Waals surface area contributed by atoms with Gasteiger partial charge < -0.3 is 25.7 Å². The minimum Gasteiger partial charge on any atom is -0.472 e. The summed E-state index contributed by atoms with van der Waals surface area (Å²) in [6.07, 6.45) is 4.87.